The molecule has 1 nitrogen and oxygen atoms in total. The SMILES string of the molecule is C=CCCCCCC(CCc1cccc(C)c1)NCC. The van der Waals surface area contributed by atoms with Crippen LogP contribution >= 0.6 is 0 Å². The molecule has 112 valence electrons. The maximum Gasteiger partial charge on any atom is 0.00701 e. The van der Waals surface area contributed by atoms with E-state index in [1.54, 1.807) is 0 Å². The van der Waals surface area contributed by atoms with Crippen LogP contribution in [0.1, 0.15) is 56.6 Å². The molecule has 0 saturated carbocycles. The van der Waals surface area contributed by atoms with Crippen molar-refractivity contribution in [2.45, 2.75) is 64.8 Å². The van der Waals surface area contributed by atoms with Crippen LogP contribution in [-0.4, -0.2) is 12.6 Å². The van der Waals surface area contributed by atoms with E-state index in [1.807, 2.05) is 6.08 Å². The van der Waals surface area contributed by atoms with Crippen molar-refractivity contribution in [3.63, 3.8) is 0 Å². The van der Waals surface area contributed by atoms with Crippen LogP contribution in [0.4, 0.5) is 0 Å². The summed E-state index contributed by atoms with van der Waals surface area (Å²) in [5.41, 5.74) is 2.84. The van der Waals surface area contributed by atoms with Gasteiger partial charge in [-0.1, -0.05) is 55.7 Å². The van der Waals surface area contributed by atoms with Gasteiger partial charge in [0.1, 0.15) is 0 Å². The first kappa shape index (κ1) is 17.0. The number of hydrogen-bond acceptors (Lipinski definition) is 1. The molecule has 1 rings (SSSR count). The van der Waals surface area contributed by atoms with E-state index in [0.717, 1.165) is 13.0 Å². The maximum absolute atomic E-state index is 3.78. The molecule has 0 saturated heterocycles. The van der Waals surface area contributed by atoms with Crippen LogP contribution in [0.3, 0.4) is 0 Å². The summed E-state index contributed by atoms with van der Waals surface area (Å²) in [6, 6.07) is 9.57. The molecule has 1 aromatic carbocycles. The molecule has 0 fully saturated rings. The van der Waals surface area contributed by atoms with Crippen molar-refractivity contribution in [1.82, 2.24) is 5.32 Å². The summed E-state index contributed by atoms with van der Waals surface area (Å²) in [4.78, 5) is 0. The van der Waals surface area contributed by atoms with Crippen molar-refractivity contribution in [2.75, 3.05) is 6.54 Å². The molecule has 1 unspecified atom stereocenters. The Morgan fingerprint density at radius 1 is 1.20 bits per heavy atom. The van der Waals surface area contributed by atoms with E-state index >= 15 is 0 Å². The molecular formula is C19H31N. The van der Waals surface area contributed by atoms with Crippen molar-refractivity contribution >= 4 is 0 Å². The molecule has 0 aliphatic rings. The molecule has 0 amide bonds. The first-order chi connectivity index (χ1) is 9.76. The molecule has 0 aliphatic carbocycles. The fraction of sp³-hybridized carbons (Fsp3) is 0.579. The van der Waals surface area contributed by atoms with Gasteiger partial charge in [0.05, 0.1) is 0 Å². The second-order valence-corrected chi connectivity index (χ2v) is 5.71. The van der Waals surface area contributed by atoms with Gasteiger partial charge in [0.2, 0.25) is 0 Å². The number of unbranched alkanes of at least 4 members (excludes halogenated alkanes) is 3. The van der Waals surface area contributed by atoms with E-state index in [4.69, 9.17) is 0 Å². The molecule has 1 aromatic rings. The zero-order valence-corrected chi connectivity index (χ0v) is 13.3. The van der Waals surface area contributed by atoms with Crippen LogP contribution in [0.25, 0.3) is 0 Å². The number of hydrogen-bond donors (Lipinski definition) is 1. The largest absolute Gasteiger partial charge is 0.314 e. The highest BCUT2D eigenvalue weighted by molar-refractivity contribution is 5.22. The third-order valence-corrected chi connectivity index (χ3v) is 3.82. The van der Waals surface area contributed by atoms with E-state index in [1.165, 1.54) is 49.7 Å². The minimum Gasteiger partial charge on any atom is -0.314 e. The molecule has 0 aliphatic heterocycles. The van der Waals surface area contributed by atoms with E-state index in [0.29, 0.717) is 6.04 Å². The fourth-order valence-corrected chi connectivity index (χ4v) is 2.70. The zero-order chi connectivity index (χ0) is 14.6. The summed E-state index contributed by atoms with van der Waals surface area (Å²) in [7, 11) is 0. The van der Waals surface area contributed by atoms with Crippen molar-refractivity contribution in [3.05, 3.63) is 48.0 Å². The van der Waals surface area contributed by atoms with Crippen molar-refractivity contribution in [2.24, 2.45) is 0 Å². The quantitative estimate of drug-likeness (QED) is 0.440. The number of allylic oxidation sites excluding steroid dienone is 1. The van der Waals surface area contributed by atoms with Gasteiger partial charge in [-0.25, -0.2) is 0 Å². The lowest BCUT2D eigenvalue weighted by Gasteiger charge is -2.18. The van der Waals surface area contributed by atoms with E-state index < -0.39 is 0 Å². The van der Waals surface area contributed by atoms with Gasteiger partial charge in [0.15, 0.2) is 0 Å². The van der Waals surface area contributed by atoms with Crippen LogP contribution < -0.4 is 5.32 Å². The summed E-state index contributed by atoms with van der Waals surface area (Å²) >= 11 is 0. The van der Waals surface area contributed by atoms with Gasteiger partial charge >= 0.3 is 0 Å². The minimum absolute atomic E-state index is 0.671. The summed E-state index contributed by atoms with van der Waals surface area (Å²) in [6.45, 7) is 9.23. The second-order valence-electron chi connectivity index (χ2n) is 5.71. The third kappa shape index (κ3) is 7.49. The normalized spacial score (nSPS) is 12.3. The first-order valence-electron chi connectivity index (χ1n) is 8.16. The Morgan fingerprint density at radius 3 is 2.75 bits per heavy atom. The van der Waals surface area contributed by atoms with Gasteiger partial charge in [0.25, 0.3) is 0 Å². The van der Waals surface area contributed by atoms with Gasteiger partial charge in [0, 0.05) is 6.04 Å². The molecule has 1 heteroatoms. The van der Waals surface area contributed by atoms with Crippen LogP contribution in [0.5, 0.6) is 0 Å². The number of rotatable bonds is 11. The molecule has 0 bridgehead atoms. The molecule has 1 atom stereocenters. The Bertz CT molecular complexity index is 370. The van der Waals surface area contributed by atoms with Crippen LogP contribution in [-0.2, 0) is 6.42 Å². The zero-order valence-electron chi connectivity index (χ0n) is 13.3. The lowest BCUT2D eigenvalue weighted by Crippen LogP contribution is -2.29. The van der Waals surface area contributed by atoms with Crippen LogP contribution in [0, 0.1) is 6.92 Å². The van der Waals surface area contributed by atoms with Gasteiger partial charge in [-0.2, -0.15) is 0 Å². The molecule has 1 N–H and O–H groups in total. The topological polar surface area (TPSA) is 12.0 Å². The van der Waals surface area contributed by atoms with Crippen LogP contribution in [0.2, 0.25) is 0 Å². The highest BCUT2D eigenvalue weighted by Gasteiger charge is 2.07. The Hall–Kier alpha value is -1.08. The smallest absolute Gasteiger partial charge is 0.00701 e. The number of aryl methyl sites for hydroxylation is 2. The van der Waals surface area contributed by atoms with Gasteiger partial charge in [-0.3, -0.25) is 0 Å². The van der Waals surface area contributed by atoms with Gasteiger partial charge < -0.3 is 5.32 Å². The maximum atomic E-state index is 3.78. The summed E-state index contributed by atoms with van der Waals surface area (Å²) in [6.07, 6.45) is 10.9. The second kappa shape index (κ2) is 10.7. The number of benzene rings is 1. The molecule has 0 aromatic heterocycles. The van der Waals surface area contributed by atoms with Crippen molar-refractivity contribution in [3.8, 4) is 0 Å². The van der Waals surface area contributed by atoms with Crippen molar-refractivity contribution in [1.29, 1.82) is 0 Å². The molecule has 0 spiro atoms. The highest BCUT2D eigenvalue weighted by Crippen LogP contribution is 2.13. The lowest BCUT2D eigenvalue weighted by molar-refractivity contribution is 0.442. The molecule has 0 radical (unpaired) electrons. The minimum atomic E-state index is 0.671. The lowest BCUT2D eigenvalue weighted by atomic mass is 9.99. The third-order valence-electron chi connectivity index (χ3n) is 3.82. The Kier molecular flexibility index (Phi) is 9.06. The Balaban J connectivity index is 2.29. The average molecular weight is 273 g/mol. The fourth-order valence-electron chi connectivity index (χ4n) is 2.70. The first-order valence-corrected chi connectivity index (χ1v) is 8.16. The Morgan fingerprint density at radius 2 is 2.05 bits per heavy atom. The summed E-state index contributed by atoms with van der Waals surface area (Å²) in [5, 5.41) is 3.64. The number of nitrogens with one attached hydrogen (secondary N) is 1. The highest BCUT2D eigenvalue weighted by atomic mass is 14.9. The standard InChI is InChI=1S/C19H31N/c1-4-6-7-8-9-13-19(20-5-2)15-14-18-12-10-11-17(3)16-18/h4,10-12,16,19-20H,1,5-9,13-15H2,2-3H3. The molecule has 0 heterocycles. The monoisotopic (exact) mass is 273 g/mol. The predicted octanol–water partition coefficient (Wildman–Crippen LogP) is 5.04. The summed E-state index contributed by atoms with van der Waals surface area (Å²) in [5.74, 6) is 0. The van der Waals surface area contributed by atoms with E-state index in [9.17, 15) is 0 Å². The molecule has 20 heavy (non-hydrogen) atoms. The van der Waals surface area contributed by atoms with E-state index in [2.05, 4.69) is 50.0 Å². The summed E-state index contributed by atoms with van der Waals surface area (Å²) < 4.78 is 0. The average Bonchev–Trinajstić information content (AvgIpc) is 2.44. The predicted molar refractivity (Wildman–Crippen MR) is 90.2 cm³/mol. The van der Waals surface area contributed by atoms with Crippen LogP contribution in [0.15, 0.2) is 36.9 Å². The van der Waals surface area contributed by atoms with E-state index in [-0.39, 0.29) is 0 Å². The van der Waals surface area contributed by atoms with Gasteiger partial charge in [-0.15, -0.1) is 6.58 Å². The molecular weight excluding hydrogens is 242 g/mol. The van der Waals surface area contributed by atoms with Crippen molar-refractivity contribution < 1.29 is 0 Å². The Labute approximate surface area is 125 Å². The van der Waals surface area contributed by atoms with Gasteiger partial charge in [-0.05, 0) is 51.1 Å².